The molecule has 0 saturated heterocycles. The van der Waals surface area contributed by atoms with Crippen molar-refractivity contribution >= 4 is 36.2 Å². The van der Waals surface area contributed by atoms with Gasteiger partial charge in [0.25, 0.3) is 0 Å². The summed E-state index contributed by atoms with van der Waals surface area (Å²) in [6.07, 6.45) is 0. The smallest absolute Gasteiger partial charge is 0.393 e. The maximum atomic E-state index is 10.2. The van der Waals surface area contributed by atoms with Crippen LogP contribution in [0, 0.1) is 0 Å². The van der Waals surface area contributed by atoms with Crippen molar-refractivity contribution in [2.75, 3.05) is 42.2 Å². The van der Waals surface area contributed by atoms with Crippen molar-refractivity contribution in [1.82, 2.24) is 0 Å². The Bertz CT molecular complexity index is 327. The number of rotatable bonds is 13. The summed E-state index contributed by atoms with van der Waals surface area (Å²) in [7, 11) is -5.37. The van der Waals surface area contributed by atoms with Crippen molar-refractivity contribution in [3.63, 3.8) is 0 Å². The van der Waals surface area contributed by atoms with Crippen LogP contribution >= 0.6 is 0 Å². The largest absolute Gasteiger partial charge is 0.669 e. The van der Waals surface area contributed by atoms with Gasteiger partial charge in [-0.25, -0.2) is 0 Å². The van der Waals surface area contributed by atoms with Crippen molar-refractivity contribution in [2.45, 2.75) is 20.0 Å². The quantitative estimate of drug-likeness (QED) is 0.415. The van der Waals surface area contributed by atoms with Gasteiger partial charge in [0.05, 0.1) is 0 Å². The minimum Gasteiger partial charge on any atom is -0.393 e. The fourth-order valence-corrected chi connectivity index (χ4v) is 11.2. The maximum absolute atomic E-state index is 10.2. The van der Waals surface area contributed by atoms with Gasteiger partial charge in [-0.1, -0.05) is 0 Å². The third kappa shape index (κ3) is 7.48. The van der Waals surface area contributed by atoms with Crippen LogP contribution in [0.25, 0.3) is 0 Å². The first kappa shape index (κ1) is 23.5. The monoisotopic (exact) mass is 407 g/mol. The lowest BCUT2D eigenvalue weighted by atomic mass is 10.9. The lowest BCUT2D eigenvalue weighted by Crippen LogP contribution is -2.60. The van der Waals surface area contributed by atoms with Gasteiger partial charge in [0.2, 0.25) is 0 Å². The first-order chi connectivity index (χ1) is 10.7. The lowest BCUT2D eigenvalue weighted by molar-refractivity contribution is 0.0219. The van der Waals surface area contributed by atoms with Crippen molar-refractivity contribution in [2.24, 2.45) is 0 Å². The fourth-order valence-electron chi connectivity index (χ4n) is 1.48. The molecule has 0 saturated carbocycles. The molecule has 2 atom stereocenters. The summed E-state index contributed by atoms with van der Waals surface area (Å²) < 4.78 is 47.9. The Morgan fingerprint density at radius 2 is 1.39 bits per heavy atom. The summed E-state index contributed by atoms with van der Waals surface area (Å²) in [5.74, 6) is 0. The normalized spacial score (nSPS) is 18.0. The van der Waals surface area contributed by atoms with Crippen LogP contribution in [0.4, 0.5) is 0 Å². The van der Waals surface area contributed by atoms with E-state index >= 15 is 0 Å². The van der Waals surface area contributed by atoms with Gasteiger partial charge in [-0.05, 0) is 13.5 Å². The third-order valence-electron chi connectivity index (χ3n) is 2.62. The van der Waals surface area contributed by atoms with E-state index in [1.165, 1.54) is 35.5 Å². The van der Waals surface area contributed by atoms with Gasteiger partial charge in [-0.15, -0.1) is 0 Å². The van der Waals surface area contributed by atoms with Crippen molar-refractivity contribution in [3.05, 3.63) is 0 Å². The molecule has 23 heavy (non-hydrogen) atoms. The van der Waals surface area contributed by atoms with E-state index in [0.29, 0.717) is 0 Å². The number of hydrogen-bond acceptors (Lipinski definition) is 10. The highest BCUT2D eigenvalue weighted by Crippen LogP contribution is 2.19. The Morgan fingerprint density at radius 3 is 1.74 bits per heavy atom. The molecule has 139 valence electrons. The Hall–Kier alpha value is 0.468. The molecule has 0 heterocycles. The molecule has 0 rings (SSSR count). The zero-order valence-electron chi connectivity index (χ0n) is 14.8. The summed E-state index contributed by atoms with van der Waals surface area (Å²) in [5, 5.41) is 0. The molecule has 0 aromatic rings. The zero-order chi connectivity index (χ0) is 18.1. The molecule has 1 N–H and O–H groups in total. The Labute approximate surface area is 142 Å². The standard InChI is InChI=1S/C9H27O10Si4/c1-9-16-22(10,12-3)19-21(8,11-2)17-20(7)18-23(13-4,14-5)15-6/h10H,9H2,1-8H3. The van der Waals surface area contributed by atoms with E-state index in [1.807, 2.05) is 0 Å². The predicted octanol–water partition coefficient (Wildman–Crippen LogP) is -0.145. The highest BCUT2D eigenvalue weighted by Gasteiger charge is 2.53. The molecule has 2 unspecified atom stereocenters. The molecule has 10 nitrogen and oxygen atoms in total. The molecule has 0 spiro atoms. The number of hydrogen-bond donors (Lipinski definition) is 1. The first-order valence-electron chi connectivity index (χ1n) is 6.71. The Kier molecular flexibility index (Phi) is 10.7. The van der Waals surface area contributed by atoms with Gasteiger partial charge < -0.3 is 43.7 Å². The molecule has 0 aliphatic carbocycles. The van der Waals surface area contributed by atoms with E-state index in [2.05, 4.69) is 0 Å². The fraction of sp³-hybridized carbons (Fsp3) is 1.00. The van der Waals surface area contributed by atoms with Crippen LogP contribution < -0.4 is 0 Å². The Balaban J connectivity index is 4.96. The highest BCUT2D eigenvalue weighted by molar-refractivity contribution is 6.76. The van der Waals surface area contributed by atoms with Gasteiger partial charge >= 0.3 is 36.2 Å². The van der Waals surface area contributed by atoms with E-state index in [1.54, 1.807) is 20.0 Å². The van der Waals surface area contributed by atoms with Gasteiger partial charge in [0, 0.05) is 48.7 Å². The summed E-state index contributed by atoms with van der Waals surface area (Å²) in [4.78, 5) is 10.2. The average Bonchev–Trinajstić information content (AvgIpc) is 2.52. The molecule has 0 aromatic heterocycles. The molecule has 0 amide bonds. The summed E-state index contributed by atoms with van der Waals surface area (Å²) in [6, 6.07) is 0. The molecular weight excluding hydrogens is 380 g/mol. The van der Waals surface area contributed by atoms with Crippen LogP contribution in [-0.2, 0) is 38.9 Å². The predicted molar refractivity (Wildman–Crippen MR) is 86.9 cm³/mol. The van der Waals surface area contributed by atoms with Crippen LogP contribution in [0.2, 0.25) is 13.1 Å². The van der Waals surface area contributed by atoms with E-state index in [4.69, 9.17) is 38.9 Å². The van der Waals surface area contributed by atoms with Gasteiger partial charge in [-0.3, -0.25) is 0 Å². The molecular formula is C9H27O10Si4. The summed E-state index contributed by atoms with van der Waals surface area (Å²) >= 11 is 0. The van der Waals surface area contributed by atoms with Crippen LogP contribution in [0.3, 0.4) is 0 Å². The van der Waals surface area contributed by atoms with Crippen molar-refractivity contribution in [1.29, 1.82) is 0 Å². The van der Waals surface area contributed by atoms with Gasteiger partial charge in [-0.2, -0.15) is 0 Å². The molecule has 0 bridgehead atoms. The van der Waals surface area contributed by atoms with Crippen molar-refractivity contribution in [3.8, 4) is 0 Å². The average molecular weight is 408 g/mol. The van der Waals surface area contributed by atoms with Crippen LogP contribution in [0.15, 0.2) is 0 Å². The molecule has 14 heteroatoms. The maximum Gasteiger partial charge on any atom is 0.669 e. The molecule has 0 aliphatic rings. The molecule has 0 aromatic carbocycles. The SMILES string of the molecule is CCO[Si](O)(OC)O[Si](C)(OC)O[Si](C)O[Si](OC)(OC)OC. The summed E-state index contributed by atoms with van der Waals surface area (Å²) in [6.45, 7) is 5.22. The minimum atomic E-state index is -3.84. The van der Waals surface area contributed by atoms with Crippen LogP contribution in [0.1, 0.15) is 6.92 Å². The van der Waals surface area contributed by atoms with Crippen LogP contribution in [0.5, 0.6) is 0 Å². The van der Waals surface area contributed by atoms with Gasteiger partial charge in [0.15, 0.2) is 0 Å². The second-order valence-corrected chi connectivity index (χ2v) is 13.7. The molecule has 0 fully saturated rings. The Morgan fingerprint density at radius 1 is 0.870 bits per heavy atom. The van der Waals surface area contributed by atoms with E-state index in [0.717, 1.165) is 0 Å². The second-order valence-electron chi connectivity index (χ2n) is 4.14. The lowest BCUT2D eigenvalue weighted by Gasteiger charge is -2.33. The van der Waals surface area contributed by atoms with E-state index < -0.39 is 36.2 Å². The molecule has 1 radical (unpaired) electrons. The minimum absolute atomic E-state index is 0.220. The summed E-state index contributed by atoms with van der Waals surface area (Å²) in [5.41, 5.74) is 0. The topological polar surface area (TPSA) is 103 Å². The highest BCUT2D eigenvalue weighted by atomic mass is 28.5. The van der Waals surface area contributed by atoms with Crippen LogP contribution in [-0.4, -0.2) is 83.1 Å². The van der Waals surface area contributed by atoms with Gasteiger partial charge in [0.1, 0.15) is 0 Å². The van der Waals surface area contributed by atoms with E-state index in [-0.39, 0.29) is 6.61 Å². The van der Waals surface area contributed by atoms with Crippen molar-refractivity contribution < 1.29 is 43.7 Å². The first-order valence-corrected chi connectivity index (χ1v) is 14.1. The third-order valence-corrected chi connectivity index (χ3v) is 13.3. The van der Waals surface area contributed by atoms with E-state index in [9.17, 15) is 4.80 Å². The molecule has 0 aliphatic heterocycles. The zero-order valence-corrected chi connectivity index (χ0v) is 18.8. The second kappa shape index (κ2) is 10.5.